The Hall–Kier alpha value is -2.54. The molecular formula is C18H22N2O4S. The molecule has 7 heteroatoms. The Morgan fingerprint density at radius 1 is 1.04 bits per heavy atom. The molecule has 0 radical (unpaired) electrons. The van der Waals surface area contributed by atoms with Gasteiger partial charge in [-0.25, -0.2) is 8.42 Å². The number of amides is 1. The van der Waals surface area contributed by atoms with Gasteiger partial charge in [-0.2, -0.15) is 0 Å². The van der Waals surface area contributed by atoms with Crippen molar-refractivity contribution in [2.24, 2.45) is 0 Å². The van der Waals surface area contributed by atoms with Gasteiger partial charge in [0.1, 0.15) is 12.3 Å². The van der Waals surface area contributed by atoms with Crippen LogP contribution in [0.5, 0.6) is 5.75 Å². The van der Waals surface area contributed by atoms with Crippen LogP contribution in [0.3, 0.4) is 0 Å². The number of carbonyl (C=O) groups excluding carboxylic acids is 1. The molecule has 0 bridgehead atoms. The number of methoxy groups -OCH3 is 1. The van der Waals surface area contributed by atoms with Crippen LogP contribution in [0.1, 0.15) is 6.92 Å². The van der Waals surface area contributed by atoms with E-state index < -0.39 is 10.0 Å². The zero-order valence-corrected chi connectivity index (χ0v) is 15.4. The Kier molecular flexibility index (Phi) is 6.03. The number of sulfonamides is 1. The van der Waals surface area contributed by atoms with Crippen molar-refractivity contribution in [2.75, 3.05) is 35.7 Å². The van der Waals surface area contributed by atoms with Gasteiger partial charge >= 0.3 is 0 Å². The molecule has 1 amide bonds. The van der Waals surface area contributed by atoms with Gasteiger partial charge in [0.2, 0.25) is 15.9 Å². The predicted molar refractivity (Wildman–Crippen MR) is 99.7 cm³/mol. The second kappa shape index (κ2) is 8.02. The summed E-state index contributed by atoms with van der Waals surface area (Å²) < 4.78 is 30.9. The molecule has 0 spiro atoms. The Labute approximate surface area is 148 Å². The predicted octanol–water partition coefficient (Wildman–Crippen LogP) is 2.51. The fourth-order valence-corrected chi connectivity index (χ4v) is 3.39. The standard InChI is InChI=1S/C18H22N2O4S/c1-4-19(15-10-6-5-7-11-15)18(21)14-20(25(3,22)23)16-12-8-9-13-17(16)24-2/h5-13H,4,14H2,1-3H3. The lowest BCUT2D eigenvalue weighted by atomic mass is 10.2. The maximum absolute atomic E-state index is 12.8. The van der Waals surface area contributed by atoms with Crippen LogP contribution in [-0.4, -0.2) is 40.8 Å². The number of hydrogen-bond donors (Lipinski definition) is 0. The van der Waals surface area contributed by atoms with Gasteiger partial charge in [-0.1, -0.05) is 30.3 Å². The molecule has 2 aromatic rings. The number of para-hydroxylation sites is 3. The van der Waals surface area contributed by atoms with Crippen molar-refractivity contribution in [3.63, 3.8) is 0 Å². The molecular weight excluding hydrogens is 340 g/mol. The molecule has 2 aromatic carbocycles. The van der Waals surface area contributed by atoms with Crippen LogP contribution in [0.4, 0.5) is 11.4 Å². The number of ether oxygens (including phenoxy) is 1. The van der Waals surface area contributed by atoms with Gasteiger partial charge in [0.25, 0.3) is 0 Å². The van der Waals surface area contributed by atoms with E-state index in [-0.39, 0.29) is 12.5 Å². The lowest BCUT2D eigenvalue weighted by Crippen LogP contribution is -2.43. The van der Waals surface area contributed by atoms with Crippen LogP contribution in [-0.2, 0) is 14.8 Å². The van der Waals surface area contributed by atoms with E-state index in [0.29, 0.717) is 18.0 Å². The van der Waals surface area contributed by atoms with E-state index in [4.69, 9.17) is 4.74 Å². The van der Waals surface area contributed by atoms with Gasteiger partial charge in [0, 0.05) is 12.2 Å². The summed E-state index contributed by atoms with van der Waals surface area (Å²) >= 11 is 0. The zero-order valence-electron chi connectivity index (χ0n) is 14.5. The maximum Gasteiger partial charge on any atom is 0.247 e. The van der Waals surface area contributed by atoms with E-state index in [9.17, 15) is 13.2 Å². The van der Waals surface area contributed by atoms with Crippen LogP contribution in [0, 0.1) is 0 Å². The largest absolute Gasteiger partial charge is 0.495 e. The van der Waals surface area contributed by atoms with E-state index in [1.807, 2.05) is 37.3 Å². The average molecular weight is 362 g/mol. The van der Waals surface area contributed by atoms with Gasteiger partial charge in [0.05, 0.1) is 19.1 Å². The normalized spacial score (nSPS) is 11.0. The third kappa shape index (κ3) is 4.51. The molecule has 2 rings (SSSR count). The van der Waals surface area contributed by atoms with E-state index in [0.717, 1.165) is 16.2 Å². The lowest BCUT2D eigenvalue weighted by Gasteiger charge is -2.27. The molecule has 0 saturated heterocycles. The Balaban J connectivity index is 2.36. The Morgan fingerprint density at radius 3 is 2.20 bits per heavy atom. The van der Waals surface area contributed by atoms with Crippen LogP contribution in [0.15, 0.2) is 54.6 Å². The molecule has 0 atom stereocenters. The second-order valence-electron chi connectivity index (χ2n) is 5.42. The van der Waals surface area contributed by atoms with Crippen molar-refractivity contribution in [3.8, 4) is 5.75 Å². The Bertz CT molecular complexity index is 822. The highest BCUT2D eigenvalue weighted by Gasteiger charge is 2.26. The van der Waals surface area contributed by atoms with Gasteiger partial charge in [-0.15, -0.1) is 0 Å². The summed E-state index contributed by atoms with van der Waals surface area (Å²) in [6.07, 6.45) is 1.07. The summed E-state index contributed by atoms with van der Waals surface area (Å²) in [6.45, 7) is 1.98. The summed E-state index contributed by atoms with van der Waals surface area (Å²) in [6, 6.07) is 15.9. The fourth-order valence-electron chi connectivity index (χ4n) is 2.54. The molecule has 0 aliphatic carbocycles. The number of carbonyl (C=O) groups is 1. The quantitative estimate of drug-likeness (QED) is 0.759. The molecule has 0 aliphatic heterocycles. The first-order chi connectivity index (χ1) is 11.9. The third-order valence-electron chi connectivity index (χ3n) is 3.72. The molecule has 0 fully saturated rings. The molecule has 6 nitrogen and oxygen atoms in total. The number of hydrogen-bond acceptors (Lipinski definition) is 4. The number of nitrogens with zero attached hydrogens (tertiary/aromatic N) is 2. The van der Waals surface area contributed by atoms with E-state index in [2.05, 4.69) is 0 Å². The van der Waals surface area contributed by atoms with E-state index in [1.54, 1.807) is 29.2 Å². The van der Waals surface area contributed by atoms with Crippen molar-refractivity contribution in [1.82, 2.24) is 0 Å². The molecule has 25 heavy (non-hydrogen) atoms. The summed E-state index contributed by atoms with van der Waals surface area (Å²) in [4.78, 5) is 14.3. The first-order valence-electron chi connectivity index (χ1n) is 7.84. The number of anilines is 2. The van der Waals surface area contributed by atoms with Gasteiger partial charge < -0.3 is 9.64 Å². The van der Waals surface area contributed by atoms with Crippen LogP contribution >= 0.6 is 0 Å². The minimum Gasteiger partial charge on any atom is -0.495 e. The van der Waals surface area contributed by atoms with Crippen molar-refractivity contribution in [1.29, 1.82) is 0 Å². The highest BCUT2D eigenvalue weighted by atomic mass is 32.2. The van der Waals surface area contributed by atoms with Gasteiger partial charge in [-0.3, -0.25) is 9.10 Å². The topological polar surface area (TPSA) is 66.9 Å². The minimum atomic E-state index is -3.66. The second-order valence-corrected chi connectivity index (χ2v) is 7.32. The lowest BCUT2D eigenvalue weighted by molar-refractivity contribution is -0.117. The molecule has 134 valence electrons. The van der Waals surface area contributed by atoms with E-state index >= 15 is 0 Å². The van der Waals surface area contributed by atoms with Crippen molar-refractivity contribution in [2.45, 2.75) is 6.92 Å². The number of benzene rings is 2. The van der Waals surface area contributed by atoms with E-state index in [1.165, 1.54) is 7.11 Å². The van der Waals surface area contributed by atoms with Crippen LogP contribution < -0.4 is 13.9 Å². The SMILES string of the molecule is CCN(C(=O)CN(c1ccccc1OC)S(C)(=O)=O)c1ccccc1. The highest BCUT2D eigenvalue weighted by molar-refractivity contribution is 7.92. The average Bonchev–Trinajstić information content (AvgIpc) is 2.60. The van der Waals surface area contributed by atoms with Crippen LogP contribution in [0.25, 0.3) is 0 Å². The summed E-state index contributed by atoms with van der Waals surface area (Å²) in [5, 5.41) is 0. The first-order valence-corrected chi connectivity index (χ1v) is 9.69. The smallest absolute Gasteiger partial charge is 0.247 e. The van der Waals surface area contributed by atoms with Crippen molar-refractivity contribution in [3.05, 3.63) is 54.6 Å². The third-order valence-corrected chi connectivity index (χ3v) is 4.84. The van der Waals surface area contributed by atoms with Crippen molar-refractivity contribution < 1.29 is 17.9 Å². The zero-order chi connectivity index (χ0) is 18.4. The number of likely N-dealkylation sites (N-methyl/N-ethyl adjacent to an activating group) is 1. The summed E-state index contributed by atoms with van der Waals surface area (Å²) in [7, 11) is -2.20. The fraction of sp³-hybridized carbons (Fsp3) is 0.278. The molecule has 0 saturated carbocycles. The minimum absolute atomic E-state index is 0.304. The molecule has 0 unspecified atom stereocenters. The molecule has 0 N–H and O–H groups in total. The summed E-state index contributed by atoms with van der Waals surface area (Å²) in [5.74, 6) is 0.0773. The van der Waals surface area contributed by atoms with Crippen molar-refractivity contribution >= 4 is 27.3 Å². The number of rotatable bonds is 7. The van der Waals surface area contributed by atoms with Gasteiger partial charge in [-0.05, 0) is 31.2 Å². The summed E-state index contributed by atoms with van der Waals surface area (Å²) in [5.41, 5.74) is 1.06. The molecule has 0 aromatic heterocycles. The van der Waals surface area contributed by atoms with Crippen LogP contribution in [0.2, 0.25) is 0 Å². The monoisotopic (exact) mass is 362 g/mol. The molecule has 0 aliphatic rings. The first kappa shape index (κ1) is 18.8. The van der Waals surface area contributed by atoms with Gasteiger partial charge in [0.15, 0.2) is 0 Å². The molecule has 0 heterocycles. The highest BCUT2D eigenvalue weighted by Crippen LogP contribution is 2.29. The maximum atomic E-state index is 12.8. The Morgan fingerprint density at radius 2 is 1.64 bits per heavy atom.